The van der Waals surface area contributed by atoms with Crippen molar-refractivity contribution >= 4 is 60.9 Å². The van der Waals surface area contributed by atoms with Crippen LogP contribution in [0.15, 0.2) is 86.7 Å². The Morgan fingerprint density at radius 1 is 1.07 bits per heavy atom. The van der Waals surface area contributed by atoms with Crippen molar-refractivity contribution in [3.63, 3.8) is 0 Å². The second kappa shape index (κ2) is 9.55. The van der Waals surface area contributed by atoms with E-state index in [0.29, 0.717) is 5.56 Å². The van der Waals surface area contributed by atoms with Gasteiger partial charge in [-0.25, -0.2) is 10.4 Å². The maximum atomic E-state index is 12.4. The normalized spacial score (nSPS) is 11.6. The van der Waals surface area contributed by atoms with Gasteiger partial charge in [0.15, 0.2) is 4.34 Å². The summed E-state index contributed by atoms with van der Waals surface area (Å²) in [6, 6.07) is 23.5. The highest BCUT2D eigenvalue weighted by molar-refractivity contribution is 9.10. The number of fused-ring (bicyclic) bond motifs is 1. The number of hydrogen-bond acceptors (Lipinski definition) is 5. The fraction of sp³-hybridized carbons (Fsp3) is 0.0870. The average molecular weight is 496 g/mol. The number of benzene rings is 3. The predicted octanol–water partition coefficient (Wildman–Crippen LogP) is 6.51. The lowest BCUT2D eigenvalue weighted by Gasteiger charge is -2.05. The Labute approximate surface area is 191 Å². The minimum atomic E-state index is -0.230. The summed E-state index contributed by atoms with van der Waals surface area (Å²) in [5.74, 6) is 0.577. The summed E-state index contributed by atoms with van der Waals surface area (Å²) in [5, 5.41) is 4.23. The second-order valence-corrected chi connectivity index (χ2v) is 9.66. The van der Waals surface area contributed by atoms with Gasteiger partial charge in [0.1, 0.15) is 0 Å². The van der Waals surface area contributed by atoms with Gasteiger partial charge >= 0.3 is 0 Å². The van der Waals surface area contributed by atoms with Gasteiger partial charge in [-0.05, 0) is 42.8 Å². The van der Waals surface area contributed by atoms with Crippen LogP contribution >= 0.6 is 39.0 Å². The van der Waals surface area contributed by atoms with E-state index >= 15 is 0 Å². The molecule has 1 heterocycles. The van der Waals surface area contributed by atoms with Crippen molar-refractivity contribution in [2.75, 3.05) is 0 Å². The van der Waals surface area contributed by atoms with Crippen molar-refractivity contribution in [1.82, 2.24) is 10.4 Å². The van der Waals surface area contributed by atoms with Gasteiger partial charge in [0.05, 0.1) is 15.9 Å². The summed E-state index contributed by atoms with van der Waals surface area (Å²) in [5.41, 5.74) is 7.07. The molecule has 0 atom stereocenters. The predicted molar refractivity (Wildman–Crippen MR) is 129 cm³/mol. The van der Waals surface area contributed by atoms with Crippen molar-refractivity contribution < 1.29 is 4.79 Å². The van der Waals surface area contributed by atoms with Crippen LogP contribution in [-0.4, -0.2) is 16.6 Å². The second-order valence-electron chi connectivity index (χ2n) is 6.55. The zero-order valence-corrected chi connectivity index (χ0v) is 19.4. The van der Waals surface area contributed by atoms with Gasteiger partial charge in [0, 0.05) is 21.4 Å². The van der Waals surface area contributed by atoms with Crippen molar-refractivity contribution in [3.8, 4) is 0 Å². The van der Waals surface area contributed by atoms with Gasteiger partial charge in [-0.3, -0.25) is 4.79 Å². The number of amides is 1. The molecule has 0 saturated heterocycles. The van der Waals surface area contributed by atoms with Crippen molar-refractivity contribution in [3.05, 3.63) is 94.0 Å². The molecule has 4 nitrogen and oxygen atoms in total. The highest BCUT2D eigenvalue weighted by Gasteiger charge is 2.08. The summed E-state index contributed by atoms with van der Waals surface area (Å²) in [7, 11) is 0. The zero-order valence-electron chi connectivity index (χ0n) is 16.1. The van der Waals surface area contributed by atoms with Gasteiger partial charge in [0.25, 0.3) is 5.91 Å². The molecule has 3 aromatic carbocycles. The number of halogens is 1. The summed E-state index contributed by atoms with van der Waals surface area (Å²) < 4.78 is 3.19. The fourth-order valence-electron chi connectivity index (χ4n) is 2.82. The Morgan fingerprint density at radius 2 is 1.80 bits per heavy atom. The standard InChI is InChI=1S/C23H18BrN3OS2/c1-15(18-6-2-3-7-19(18)24)26-27-22(28)17-12-10-16(11-13-17)14-29-23-25-20-8-4-5-9-21(20)30-23/h2-13H,14H2,1H3,(H,27,28)/b26-15+. The van der Waals surface area contributed by atoms with Gasteiger partial charge < -0.3 is 0 Å². The van der Waals surface area contributed by atoms with Crippen LogP contribution < -0.4 is 5.43 Å². The molecule has 0 spiro atoms. The SMILES string of the molecule is C/C(=N\NC(=O)c1ccc(CSc2nc3ccccc3s2)cc1)c1ccccc1Br. The van der Waals surface area contributed by atoms with Crippen LogP contribution in [0.3, 0.4) is 0 Å². The number of hydrazone groups is 1. The van der Waals surface area contributed by atoms with E-state index in [-0.39, 0.29) is 5.91 Å². The van der Waals surface area contributed by atoms with E-state index in [2.05, 4.69) is 37.5 Å². The van der Waals surface area contributed by atoms with Crippen molar-refractivity contribution in [2.24, 2.45) is 5.10 Å². The number of carbonyl (C=O) groups excluding carboxylic acids is 1. The smallest absolute Gasteiger partial charge is 0.267 e. The number of aromatic nitrogens is 1. The Balaban J connectivity index is 1.36. The third-order valence-corrected chi connectivity index (χ3v) is 7.38. The van der Waals surface area contributed by atoms with E-state index in [9.17, 15) is 4.79 Å². The molecule has 4 aromatic rings. The molecule has 0 aliphatic heterocycles. The molecular weight excluding hydrogens is 478 g/mol. The summed E-state index contributed by atoms with van der Waals surface area (Å²) >= 11 is 6.91. The number of nitrogens with zero attached hydrogens (tertiary/aromatic N) is 2. The van der Waals surface area contributed by atoms with Crippen LogP contribution in [0.5, 0.6) is 0 Å². The van der Waals surface area contributed by atoms with E-state index in [1.807, 2.05) is 73.7 Å². The van der Waals surface area contributed by atoms with E-state index in [1.165, 1.54) is 4.70 Å². The summed E-state index contributed by atoms with van der Waals surface area (Å²) in [6.07, 6.45) is 0. The first kappa shape index (κ1) is 20.8. The molecule has 0 fully saturated rings. The van der Waals surface area contributed by atoms with Crippen LogP contribution in [0.4, 0.5) is 0 Å². The Hall–Kier alpha value is -2.48. The number of carbonyl (C=O) groups is 1. The lowest BCUT2D eigenvalue weighted by atomic mass is 10.1. The first-order chi connectivity index (χ1) is 14.6. The molecule has 4 rings (SSSR count). The topological polar surface area (TPSA) is 54.4 Å². The molecule has 30 heavy (non-hydrogen) atoms. The number of thioether (sulfide) groups is 1. The zero-order chi connectivity index (χ0) is 20.9. The molecule has 0 aliphatic carbocycles. The van der Waals surface area contributed by atoms with Gasteiger partial charge in [-0.15, -0.1) is 11.3 Å². The molecule has 150 valence electrons. The number of thiazole rings is 1. The molecule has 7 heteroatoms. The van der Waals surface area contributed by atoms with Crippen LogP contribution in [0.25, 0.3) is 10.2 Å². The Bertz CT molecular complexity index is 1190. The first-order valence-electron chi connectivity index (χ1n) is 9.27. The average Bonchev–Trinajstić information content (AvgIpc) is 3.19. The van der Waals surface area contributed by atoms with E-state index in [4.69, 9.17) is 0 Å². The molecule has 0 bridgehead atoms. The quantitative estimate of drug-likeness (QED) is 0.188. The number of rotatable bonds is 6. The maximum Gasteiger partial charge on any atom is 0.271 e. The highest BCUT2D eigenvalue weighted by Crippen LogP contribution is 2.31. The van der Waals surface area contributed by atoms with Crippen LogP contribution in [0, 0.1) is 0 Å². The largest absolute Gasteiger partial charge is 0.271 e. The molecule has 1 N–H and O–H groups in total. The molecule has 1 aromatic heterocycles. The van der Waals surface area contributed by atoms with Crippen LogP contribution in [0.1, 0.15) is 28.4 Å². The van der Waals surface area contributed by atoms with Crippen molar-refractivity contribution in [2.45, 2.75) is 17.0 Å². The molecule has 0 aliphatic rings. The summed E-state index contributed by atoms with van der Waals surface area (Å²) in [4.78, 5) is 17.1. The number of nitrogens with one attached hydrogen (secondary N) is 1. The van der Waals surface area contributed by atoms with E-state index < -0.39 is 0 Å². The van der Waals surface area contributed by atoms with Crippen molar-refractivity contribution in [1.29, 1.82) is 0 Å². The minimum Gasteiger partial charge on any atom is -0.267 e. The molecule has 0 saturated carbocycles. The van der Waals surface area contributed by atoms with E-state index in [1.54, 1.807) is 23.1 Å². The molecule has 1 amide bonds. The molecule has 0 unspecified atom stereocenters. The number of para-hydroxylation sites is 1. The number of hydrogen-bond donors (Lipinski definition) is 1. The highest BCUT2D eigenvalue weighted by atomic mass is 79.9. The minimum absolute atomic E-state index is 0.230. The first-order valence-corrected chi connectivity index (χ1v) is 11.9. The third-order valence-electron chi connectivity index (χ3n) is 4.44. The lowest BCUT2D eigenvalue weighted by Crippen LogP contribution is -2.19. The fourth-order valence-corrected chi connectivity index (χ4v) is 5.42. The summed E-state index contributed by atoms with van der Waals surface area (Å²) in [6.45, 7) is 1.86. The molecule has 0 radical (unpaired) electrons. The lowest BCUT2D eigenvalue weighted by molar-refractivity contribution is 0.0955. The van der Waals surface area contributed by atoms with Gasteiger partial charge in [-0.1, -0.05) is 70.2 Å². The Kier molecular flexibility index (Phi) is 6.62. The molecular formula is C23H18BrN3OS2. The maximum absolute atomic E-state index is 12.4. The van der Waals surface area contributed by atoms with Crippen LogP contribution in [-0.2, 0) is 5.75 Å². The monoisotopic (exact) mass is 495 g/mol. The Morgan fingerprint density at radius 3 is 2.57 bits per heavy atom. The van der Waals surface area contributed by atoms with Gasteiger partial charge in [0.2, 0.25) is 0 Å². The van der Waals surface area contributed by atoms with Crippen LogP contribution in [0.2, 0.25) is 0 Å². The third kappa shape index (κ3) is 4.98. The van der Waals surface area contributed by atoms with Gasteiger partial charge in [-0.2, -0.15) is 5.10 Å². The van der Waals surface area contributed by atoms with E-state index in [0.717, 1.165) is 36.9 Å².